The Morgan fingerprint density at radius 3 is 2.65 bits per heavy atom. The fourth-order valence-corrected chi connectivity index (χ4v) is 2.07. The molecule has 0 heterocycles. The number of ether oxygens (including phenoxy) is 2. The summed E-state index contributed by atoms with van der Waals surface area (Å²) < 4.78 is 33.9. The van der Waals surface area contributed by atoms with E-state index in [4.69, 9.17) is 10.00 Å². The Hall–Kier alpha value is -1.68. The molecule has 7 heteroatoms. The van der Waals surface area contributed by atoms with Crippen molar-refractivity contribution in [2.24, 2.45) is 0 Å². The number of hydrogen-bond donors (Lipinski definition) is 0. The maximum atomic E-state index is 12.4. The molecule has 0 aliphatic rings. The normalized spacial score (nSPS) is 10.2. The van der Waals surface area contributed by atoms with Gasteiger partial charge in [-0.2, -0.15) is 14.0 Å². The second kappa shape index (κ2) is 7.80. The summed E-state index contributed by atoms with van der Waals surface area (Å²) in [6.07, 6.45) is -0.193. The van der Waals surface area contributed by atoms with Gasteiger partial charge < -0.3 is 9.47 Å². The molecule has 108 valence electrons. The summed E-state index contributed by atoms with van der Waals surface area (Å²) in [4.78, 5) is 11.5. The van der Waals surface area contributed by atoms with Gasteiger partial charge in [-0.15, -0.1) is 0 Å². The largest absolute Gasteiger partial charge is 0.466 e. The standard InChI is InChI=1S/C13H12BrF2NO3/c1-2-19-12(18)5-8-3-9(6-14)10(7-17)4-11(8)20-13(15)16/h3-4,13H,2,5-6H2,1H3. The second-order valence-corrected chi connectivity index (χ2v) is 4.28. The van der Waals surface area contributed by atoms with E-state index in [9.17, 15) is 13.6 Å². The fraction of sp³-hybridized carbons (Fsp3) is 0.385. The van der Waals surface area contributed by atoms with Gasteiger partial charge in [0.1, 0.15) is 5.75 Å². The van der Waals surface area contributed by atoms with Crippen LogP contribution in [0.1, 0.15) is 23.6 Å². The summed E-state index contributed by atoms with van der Waals surface area (Å²) in [5.41, 5.74) is 1.07. The van der Waals surface area contributed by atoms with Crippen molar-refractivity contribution in [2.45, 2.75) is 25.3 Å². The summed E-state index contributed by atoms with van der Waals surface area (Å²) in [6.45, 7) is -1.18. The van der Waals surface area contributed by atoms with Gasteiger partial charge in [0.25, 0.3) is 0 Å². The van der Waals surface area contributed by atoms with Gasteiger partial charge in [0, 0.05) is 10.9 Å². The topological polar surface area (TPSA) is 59.3 Å². The van der Waals surface area contributed by atoms with Crippen LogP contribution in [-0.2, 0) is 21.3 Å². The van der Waals surface area contributed by atoms with Crippen LogP contribution in [0.2, 0.25) is 0 Å². The summed E-state index contributed by atoms with van der Waals surface area (Å²) in [5.74, 6) is -0.730. The lowest BCUT2D eigenvalue weighted by molar-refractivity contribution is -0.142. The molecular weight excluding hydrogens is 336 g/mol. The van der Waals surface area contributed by atoms with Crippen LogP contribution < -0.4 is 4.74 Å². The molecular formula is C13H12BrF2NO3. The Bertz CT molecular complexity index is 529. The highest BCUT2D eigenvalue weighted by Gasteiger charge is 2.17. The lowest BCUT2D eigenvalue weighted by Crippen LogP contribution is -2.11. The van der Waals surface area contributed by atoms with Crippen molar-refractivity contribution < 1.29 is 23.0 Å². The number of alkyl halides is 3. The average Bonchev–Trinajstić information content (AvgIpc) is 2.39. The highest BCUT2D eigenvalue weighted by atomic mass is 79.9. The summed E-state index contributed by atoms with van der Waals surface area (Å²) >= 11 is 3.20. The number of esters is 1. The van der Waals surface area contributed by atoms with Crippen LogP contribution in [0.3, 0.4) is 0 Å². The Morgan fingerprint density at radius 2 is 2.15 bits per heavy atom. The van der Waals surface area contributed by atoms with E-state index >= 15 is 0 Å². The van der Waals surface area contributed by atoms with Crippen LogP contribution in [0.25, 0.3) is 0 Å². The van der Waals surface area contributed by atoms with Crippen molar-refractivity contribution in [3.63, 3.8) is 0 Å². The van der Waals surface area contributed by atoms with Gasteiger partial charge in [-0.3, -0.25) is 4.79 Å². The molecule has 0 bridgehead atoms. The summed E-state index contributed by atoms with van der Waals surface area (Å²) in [7, 11) is 0. The first-order valence-electron chi connectivity index (χ1n) is 5.74. The number of benzene rings is 1. The SMILES string of the molecule is CCOC(=O)Cc1cc(CBr)c(C#N)cc1OC(F)F. The molecule has 20 heavy (non-hydrogen) atoms. The van der Waals surface area contributed by atoms with E-state index in [1.807, 2.05) is 6.07 Å². The van der Waals surface area contributed by atoms with Crippen LogP contribution in [0.15, 0.2) is 12.1 Å². The predicted octanol–water partition coefficient (Wildman–Crippen LogP) is 3.16. The average molecular weight is 348 g/mol. The molecule has 0 radical (unpaired) electrons. The van der Waals surface area contributed by atoms with Gasteiger partial charge in [-0.05, 0) is 24.6 Å². The summed E-state index contributed by atoms with van der Waals surface area (Å²) in [5, 5.41) is 9.32. The molecule has 0 saturated heterocycles. The van der Waals surface area contributed by atoms with Crippen molar-refractivity contribution in [3.8, 4) is 11.8 Å². The Balaban J connectivity index is 3.17. The number of carbonyl (C=O) groups excluding carboxylic acids is 1. The quantitative estimate of drug-likeness (QED) is 0.585. The molecule has 0 N–H and O–H groups in total. The van der Waals surface area contributed by atoms with Crippen molar-refractivity contribution >= 4 is 21.9 Å². The lowest BCUT2D eigenvalue weighted by Gasteiger charge is -2.13. The van der Waals surface area contributed by atoms with Crippen LogP contribution in [-0.4, -0.2) is 19.2 Å². The zero-order chi connectivity index (χ0) is 15.1. The smallest absolute Gasteiger partial charge is 0.387 e. The predicted molar refractivity (Wildman–Crippen MR) is 70.8 cm³/mol. The van der Waals surface area contributed by atoms with E-state index in [0.717, 1.165) is 0 Å². The number of nitriles is 1. The Labute approximate surface area is 123 Å². The molecule has 0 aromatic heterocycles. The molecule has 0 aliphatic carbocycles. The van der Waals surface area contributed by atoms with Gasteiger partial charge in [-0.1, -0.05) is 15.9 Å². The highest BCUT2D eigenvalue weighted by molar-refractivity contribution is 9.08. The second-order valence-electron chi connectivity index (χ2n) is 3.72. The van der Waals surface area contributed by atoms with Crippen molar-refractivity contribution in [2.75, 3.05) is 6.61 Å². The van der Waals surface area contributed by atoms with Crippen LogP contribution in [0, 0.1) is 11.3 Å². The minimum absolute atomic E-state index is 0.186. The maximum Gasteiger partial charge on any atom is 0.387 e. The molecule has 1 rings (SSSR count). The van der Waals surface area contributed by atoms with E-state index in [-0.39, 0.29) is 29.9 Å². The summed E-state index contributed by atoms with van der Waals surface area (Å²) in [6, 6.07) is 4.59. The molecule has 0 spiro atoms. The maximum absolute atomic E-state index is 12.4. The molecule has 0 amide bonds. The molecule has 1 aromatic carbocycles. The first-order chi connectivity index (χ1) is 9.51. The first-order valence-corrected chi connectivity index (χ1v) is 6.86. The fourth-order valence-electron chi connectivity index (χ4n) is 1.60. The lowest BCUT2D eigenvalue weighted by atomic mass is 10.0. The molecule has 0 atom stereocenters. The number of halogens is 3. The van der Waals surface area contributed by atoms with Crippen molar-refractivity contribution in [3.05, 3.63) is 28.8 Å². The van der Waals surface area contributed by atoms with Crippen LogP contribution in [0.5, 0.6) is 5.75 Å². The third kappa shape index (κ3) is 4.46. The minimum atomic E-state index is -3.03. The number of rotatable bonds is 6. The molecule has 4 nitrogen and oxygen atoms in total. The number of nitrogens with zero attached hydrogens (tertiary/aromatic N) is 1. The van der Waals surface area contributed by atoms with E-state index in [2.05, 4.69) is 20.7 Å². The van der Waals surface area contributed by atoms with E-state index in [1.165, 1.54) is 12.1 Å². The van der Waals surface area contributed by atoms with E-state index in [0.29, 0.717) is 10.9 Å². The number of carbonyl (C=O) groups is 1. The molecule has 0 fully saturated rings. The van der Waals surface area contributed by atoms with E-state index in [1.54, 1.807) is 6.92 Å². The van der Waals surface area contributed by atoms with Gasteiger partial charge in [0.15, 0.2) is 0 Å². The zero-order valence-corrected chi connectivity index (χ0v) is 12.2. The van der Waals surface area contributed by atoms with Crippen molar-refractivity contribution in [1.29, 1.82) is 5.26 Å². The molecule has 0 unspecified atom stereocenters. The third-order valence-electron chi connectivity index (χ3n) is 2.41. The van der Waals surface area contributed by atoms with E-state index < -0.39 is 12.6 Å². The monoisotopic (exact) mass is 347 g/mol. The highest BCUT2D eigenvalue weighted by Crippen LogP contribution is 2.27. The molecule has 0 saturated carbocycles. The van der Waals surface area contributed by atoms with Crippen LogP contribution in [0.4, 0.5) is 8.78 Å². The van der Waals surface area contributed by atoms with Crippen molar-refractivity contribution in [1.82, 2.24) is 0 Å². The number of hydrogen-bond acceptors (Lipinski definition) is 4. The Kier molecular flexibility index (Phi) is 6.39. The molecule has 0 aliphatic heterocycles. The van der Waals surface area contributed by atoms with Gasteiger partial charge >= 0.3 is 12.6 Å². The first kappa shape index (κ1) is 16.4. The molecule has 1 aromatic rings. The minimum Gasteiger partial charge on any atom is -0.466 e. The van der Waals surface area contributed by atoms with Gasteiger partial charge in [0.2, 0.25) is 0 Å². The third-order valence-corrected chi connectivity index (χ3v) is 3.01. The van der Waals surface area contributed by atoms with Crippen LogP contribution >= 0.6 is 15.9 Å². The van der Waals surface area contributed by atoms with Gasteiger partial charge in [-0.25, -0.2) is 0 Å². The zero-order valence-electron chi connectivity index (χ0n) is 10.7. The Morgan fingerprint density at radius 1 is 1.45 bits per heavy atom. The van der Waals surface area contributed by atoms with Gasteiger partial charge in [0.05, 0.1) is 24.7 Å².